The first-order valence-corrected chi connectivity index (χ1v) is 4.70. The standard InChI is InChI=1S/C10H17FO3/c1-4-6-8(7-13-3)9(11)10(12)14-5-2/h4-7H2,1-3H3/b9-8+. The van der Waals surface area contributed by atoms with Crippen LogP contribution >= 0.6 is 0 Å². The van der Waals surface area contributed by atoms with E-state index in [4.69, 9.17) is 4.74 Å². The van der Waals surface area contributed by atoms with Crippen LogP contribution < -0.4 is 0 Å². The molecule has 0 rings (SSSR count). The molecule has 0 unspecified atom stereocenters. The summed E-state index contributed by atoms with van der Waals surface area (Å²) < 4.78 is 22.7. The zero-order valence-electron chi connectivity index (χ0n) is 8.93. The van der Waals surface area contributed by atoms with E-state index in [0.717, 1.165) is 6.42 Å². The molecule has 0 bridgehead atoms. The van der Waals surface area contributed by atoms with Gasteiger partial charge in [-0.15, -0.1) is 0 Å². The molecule has 3 nitrogen and oxygen atoms in total. The molecule has 0 aliphatic carbocycles. The summed E-state index contributed by atoms with van der Waals surface area (Å²) >= 11 is 0. The fourth-order valence-electron chi connectivity index (χ4n) is 1.06. The van der Waals surface area contributed by atoms with E-state index in [0.29, 0.717) is 12.0 Å². The zero-order valence-corrected chi connectivity index (χ0v) is 8.93. The number of halogens is 1. The van der Waals surface area contributed by atoms with E-state index in [2.05, 4.69) is 4.74 Å². The lowest BCUT2D eigenvalue weighted by molar-refractivity contribution is -0.140. The van der Waals surface area contributed by atoms with Gasteiger partial charge >= 0.3 is 5.97 Å². The van der Waals surface area contributed by atoms with Gasteiger partial charge in [0.25, 0.3) is 0 Å². The van der Waals surface area contributed by atoms with Crippen LogP contribution in [-0.2, 0) is 14.3 Å². The molecule has 0 aliphatic rings. The molecule has 0 saturated carbocycles. The van der Waals surface area contributed by atoms with Gasteiger partial charge in [0.15, 0.2) is 0 Å². The highest BCUT2D eigenvalue weighted by Gasteiger charge is 2.15. The van der Waals surface area contributed by atoms with Crippen LogP contribution in [0, 0.1) is 0 Å². The summed E-state index contributed by atoms with van der Waals surface area (Å²) in [7, 11) is 1.47. The molecule has 0 N–H and O–H groups in total. The van der Waals surface area contributed by atoms with Crippen LogP contribution in [0.4, 0.5) is 4.39 Å². The van der Waals surface area contributed by atoms with Crippen LogP contribution in [0.1, 0.15) is 26.7 Å². The van der Waals surface area contributed by atoms with Gasteiger partial charge in [0.2, 0.25) is 5.83 Å². The van der Waals surface area contributed by atoms with Crippen molar-refractivity contribution in [2.75, 3.05) is 20.3 Å². The minimum Gasteiger partial charge on any atom is -0.461 e. The van der Waals surface area contributed by atoms with E-state index in [1.54, 1.807) is 6.92 Å². The maximum Gasteiger partial charge on any atom is 0.367 e. The molecule has 0 spiro atoms. The largest absolute Gasteiger partial charge is 0.461 e. The third-order valence-electron chi connectivity index (χ3n) is 1.64. The highest BCUT2D eigenvalue weighted by atomic mass is 19.1. The average Bonchev–Trinajstić information content (AvgIpc) is 2.17. The van der Waals surface area contributed by atoms with Crippen molar-refractivity contribution < 1.29 is 18.7 Å². The Hall–Kier alpha value is -0.900. The normalized spacial score (nSPS) is 12.3. The molecule has 4 heteroatoms. The molecular formula is C10H17FO3. The highest BCUT2D eigenvalue weighted by Crippen LogP contribution is 2.14. The number of carbonyl (C=O) groups is 1. The van der Waals surface area contributed by atoms with Crippen LogP contribution in [0.3, 0.4) is 0 Å². The first-order valence-electron chi connectivity index (χ1n) is 4.70. The minimum absolute atomic E-state index is 0.137. The van der Waals surface area contributed by atoms with Gasteiger partial charge in [0, 0.05) is 7.11 Å². The molecule has 0 aromatic rings. The lowest BCUT2D eigenvalue weighted by atomic mass is 10.1. The summed E-state index contributed by atoms with van der Waals surface area (Å²) in [6.45, 7) is 3.87. The van der Waals surface area contributed by atoms with Crippen molar-refractivity contribution in [1.82, 2.24) is 0 Å². The summed E-state index contributed by atoms with van der Waals surface area (Å²) in [5, 5.41) is 0. The van der Waals surface area contributed by atoms with E-state index in [1.807, 2.05) is 6.92 Å². The van der Waals surface area contributed by atoms with Gasteiger partial charge in [0.1, 0.15) is 0 Å². The first kappa shape index (κ1) is 13.1. The van der Waals surface area contributed by atoms with Crippen molar-refractivity contribution >= 4 is 5.97 Å². The maximum absolute atomic E-state index is 13.3. The molecule has 0 aliphatic heterocycles. The smallest absolute Gasteiger partial charge is 0.367 e. The van der Waals surface area contributed by atoms with Gasteiger partial charge in [-0.1, -0.05) is 13.3 Å². The van der Waals surface area contributed by atoms with Gasteiger partial charge in [-0.3, -0.25) is 0 Å². The Balaban J connectivity index is 4.51. The molecule has 0 aromatic heterocycles. The van der Waals surface area contributed by atoms with Crippen molar-refractivity contribution in [2.45, 2.75) is 26.7 Å². The second-order valence-corrected chi connectivity index (χ2v) is 2.82. The number of rotatable bonds is 6. The second kappa shape index (κ2) is 7.50. The average molecular weight is 204 g/mol. The van der Waals surface area contributed by atoms with Gasteiger partial charge in [-0.05, 0) is 18.9 Å². The predicted molar refractivity (Wildman–Crippen MR) is 51.6 cm³/mol. The van der Waals surface area contributed by atoms with Gasteiger partial charge in [0.05, 0.1) is 13.2 Å². The van der Waals surface area contributed by atoms with E-state index in [1.165, 1.54) is 7.11 Å². The number of methoxy groups -OCH3 is 1. The maximum atomic E-state index is 13.3. The Morgan fingerprint density at radius 1 is 1.36 bits per heavy atom. The molecule has 0 saturated heterocycles. The first-order chi connectivity index (χ1) is 6.67. The molecule has 0 fully saturated rings. The summed E-state index contributed by atoms with van der Waals surface area (Å²) in [5.41, 5.74) is 0.369. The third kappa shape index (κ3) is 4.37. The monoisotopic (exact) mass is 204 g/mol. The van der Waals surface area contributed by atoms with E-state index in [9.17, 15) is 9.18 Å². The summed E-state index contributed by atoms with van der Waals surface area (Å²) in [6, 6.07) is 0. The number of hydrogen-bond acceptors (Lipinski definition) is 3. The van der Waals surface area contributed by atoms with E-state index < -0.39 is 11.8 Å². The Labute approximate surface area is 83.9 Å². The van der Waals surface area contributed by atoms with Crippen molar-refractivity contribution in [3.8, 4) is 0 Å². The van der Waals surface area contributed by atoms with Gasteiger partial charge < -0.3 is 9.47 Å². The van der Waals surface area contributed by atoms with E-state index >= 15 is 0 Å². The summed E-state index contributed by atoms with van der Waals surface area (Å²) in [4.78, 5) is 11.0. The molecule has 0 atom stereocenters. The number of esters is 1. The number of hydrogen-bond donors (Lipinski definition) is 0. The van der Waals surface area contributed by atoms with Crippen LogP contribution in [0.15, 0.2) is 11.4 Å². The van der Waals surface area contributed by atoms with Crippen LogP contribution in [0.25, 0.3) is 0 Å². The van der Waals surface area contributed by atoms with Crippen molar-refractivity contribution in [3.63, 3.8) is 0 Å². The summed E-state index contributed by atoms with van der Waals surface area (Å²) in [5.74, 6) is -1.71. The second-order valence-electron chi connectivity index (χ2n) is 2.82. The van der Waals surface area contributed by atoms with Crippen molar-refractivity contribution in [2.24, 2.45) is 0 Å². The van der Waals surface area contributed by atoms with Gasteiger partial charge in [-0.25, -0.2) is 4.79 Å². The molecule has 14 heavy (non-hydrogen) atoms. The van der Waals surface area contributed by atoms with Crippen LogP contribution in [0.2, 0.25) is 0 Å². The molecular weight excluding hydrogens is 187 g/mol. The SMILES string of the molecule is CCC/C(COC)=C(\F)C(=O)OCC. The number of ether oxygens (including phenoxy) is 2. The Morgan fingerprint density at radius 2 is 2.00 bits per heavy atom. The van der Waals surface area contributed by atoms with Crippen LogP contribution in [0.5, 0.6) is 0 Å². The fourth-order valence-corrected chi connectivity index (χ4v) is 1.06. The topological polar surface area (TPSA) is 35.5 Å². The predicted octanol–water partition coefficient (Wildman–Crippen LogP) is 2.22. The highest BCUT2D eigenvalue weighted by molar-refractivity contribution is 5.86. The lowest BCUT2D eigenvalue weighted by Crippen LogP contribution is -2.09. The van der Waals surface area contributed by atoms with E-state index in [-0.39, 0.29) is 13.2 Å². The number of carbonyl (C=O) groups excluding carboxylic acids is 1. The third-order valence-corrected chi connectivity index (χ3v) is 1.64. The Morgan fingerprint density at radius 3 is 2.43 bits per heavy atom. The molecule has 0 radical (unpaired) electrons. The molecule has 82 valence electrons. The zero-order chi connectivity index (χ0) is 11.0. The Bertz CT molecular complexity index is 203. The lowest BCUT2D eigenvalue weighted by Gasteiger charge is -2.06. The molecule has 0 heterocycles. The molecule has 0 aromatic carbocycles. The molecule has 0 amide bonds. The van der Waals surface area contributed by atoms with Gasteiger partial charge in [-0.2, -0.15) is 4.39 Å². The Kier molecular flexibility index (Phi) is 7.02. The summed E-state index contributed by atoms with van der Waals surface area (Å²) in [6.07, 6.45) is 1.28. The van der Waals surface area contributed by atoms with Crippen molar-refractivity contribution in [1.29, 1.82) is 0 Å². The van der Waals surface area contributed by atoms with Crippen molar-refractivity contribution in [3.05, 3.63) is 11.4 Å². The minimum atomic E-state index is -0.895. The quantitative estimate of drug-likeness (QED) is 0.491. The fraction of sp³-hybridized carbons (Fsp3) is 0.700. The van der Waals surface area contributed by atoms with Crippen LogP contribution in [-0.4, -0.2) is 26.3 Å².